The van der Waals surface area contributed by atoms with Crippen LogP contribution in [-0.4, -0.2) is 52.6 Å². The lowest BCUT2D eigenvalue weighted by molar-refractivity contribution is -0.149. The molecule has 0 unspecified atom stereocenters. The van der Waals surface area contributed by atoms with E-state index >= 15 is 0 Å². The number of para-hydroxylation sites is 1. The largest absolute Gasteiger partial charge is 0.480 e. The smallest absolute Gasteiger partial charge is 0.407 e. The maximum Gasteiger partial charge on any atom is 0.407 e. The van der Waals surface area contributed by atoms with Crippen molar-refractivity contribution in [2.75, 3.05) is 6.54 Å². The zero-order valence-corrected chi connectivity index (χ0v) is 26.1. The summed E-state index contributed by atoms with van der Waals surface area (Å²) < 4.78 is 5.21. The number of carboxylic acid groups (broad SMARTS) is 1. The number of amides is 3. The van der Waals surface area contributed by atoms with Gasteiger partial charge in [-0.3, -0.25) is 9.59 Å². The highest BCUT2D eigenvalue weighted by atomic mass is 16.5. The molecule has 4 bridgehead atoms. The Kier molecular flexibility index (Phi) is 9.61. The maximum absolute atomic E-state index is 14.0. The number of nitrogens with one attached hydrogen (secondary N) is 4. The Morgan fingerprint density at radius 1 is 0.870 bits per heavy atom. The molecule has 4 aliphatic carbocycles. The van der Waals surface area contributed by atoms with Crippen molar-refractivity contribution < 1.29 is 29.0 Å². The van der Waals surface area contributed by atoms with E-state index in [0.29, 0.717) is 37.1 Å². The fraction of sp³-hybridized carbons (Fsp3) is 0.500. The quantitative estimate of drug-likeness (QED) is 0.157. The Labute approximate surface area is 269 Å². The number of fused-ring (bicyclic) bond motifs is 1. The number of H-pyrrole nitrogens is 1. The highest BCUT2D eigenvalue weighted by molar-refractivity contribution is 5.93. The van der Waals surface area contributed by atoms with Gasteiger partial charge in [0.15, 0.2) is 0 Å². The van der Waals surface area contributed by atoms with Gasteiger partial charge in [0.05, 0.1) is 0 Å². The second-order valence-corrected chi connectivity index (χ2v) is 13.7. The van der Waals surface area contributed by atoms with E-state index in [1.165, 1.54) is 19.3 Å². The van der Waals surface area contributed by atoms with Gasteiger partial charge < -0.3 is 30.8 Å². The van der Waals surface area contributed by atoms with Gasteiger partial charge in [0, 0.05) is 35.5 Å². The lowest BCUT2D eigenvalue weighted by Crippen LogP contribution is -2.58. The lowest BCUT2D eigenvalue weighted by atomic mass is 9.49. The van der Waals surface area contributed by atoms with Gasteiger partial charge in [-0.1, -0.05) is 48.5 Å². The molecule has 2 atom stereocenters. The second kappa shape index (κ2) is 14.0. The summed E-state index contributed by atoms with van der Waals surface area (Å²) in [5, 5.41) is 19.4. The molecule has 1 heterocycles. The van der Waals surface area contributed by atoms with E-state index in [-0.39, 0.29) is 25.4 Å². The van der Waals surface area contributed by atoms with Crippen LogP contribution in [0.4, 0.5) is 4.79 Å². The molecule has 0 radical (unpaired) electrons. The molecule has 244 valence electrons. The van der Waals surface area contributed by atoms with Crippen LogP contribution in [0.1, 0.15) is 68.9 Å². The Morgan fingerprint density at radius 2 is 1.54 bits per heavy atom. The van der Waals surface area contributed by atoms with Gasteiger partial charge in [-0.05, 0) is 92.7 Å². The van der Waals surface area contributed by atoms with Gasteiger partial charge in [0.2, 0.25) is 11.8 Å². The Hall–Kier alpha value is -4.34. The maximum atomic E-state index is 14.0. The lowest BCUT2D eigenvalue weighted by Gasteiger charge is -2.55. The first-order chi connectivity index (χ1) is 22.3. The second-order valence-electron chi connectivity index (χ2n) is 13.7. The number of aliphatic carboxylic acids is 1. The van der Waals surface area contributed by atoms with Gasteiger partial charge in [-0.15, -0.1) is 0 Å². The molecule has 46 heavy (non-hydrogen) atoms. The molecule has 0 saturated heterocycles. The number of hydrogen-bond donors (Lipinski definition) is 5. The molecule has 4 fully saturated rings. The molecule has 4 aliphatic rings. The van der Waals surface area contributed by atoms with Gasteiger partial charge >= 0.3 is 12.1 Å². The minimum Gasteiger partial charge on any atom is -0.480 e. The Balaban J connectivity index is 1.06. The molecule has 0 spiro atoms. The SMILES string of the molecule is O=C(NCCCC[C@@H](NC(=O)[C@H](Cc1c[nH]c2ccccc12)NC(=O)C12CC3CC(CC(C3)C1)C2)C(=O)O)OCc1ccccc1. The summed E-state index contributed by atoms with van der Waals surface area (Å²) in [4.78, 5) is 55.2. The Bertz CT molecular complexity index is 1520. The molecule has 7 rings (SSSR count). The fourth-order valence-corrected chi connectivity index (χ4v) is 8.40. The molecule has 3 aromatic rings. The number of alkyl carbamates (subject to hydrolysis) is 1. The molecule has 0 aliphatic heterocycles. The van der Waals surface area contributed by atoms with E-state index in [2.05, 4.69) is 20.9 Å². The van der Waals surface area contributed by atoms with E-state index in [4.69, 9.17) is 4.74 Å². The summed E-state index contributed by atoms with van der Waals surface area (Å²) in [6.45, 7) is 0.483. The predicted molar refractivity (Wildman–Crippen MR) is 173 cm³/mol. The number of aromatic amines is 1. The summed E-state index contributed by atoms with van der Waals surface area (Å²) in [5.41, 5.74) is 2.27. The van der Waals surface area contributed by atoms with Crippen molar-refractivity contribution in [1.82, 2.24) is 20.9 Å². The van der Waals surface area contributed by atoms with Crippen LogP contribution in [0.15, 0.2) is 60.8 Å². The van der Waals surface area contributed by atoms with E-state index in [0.717, 1.165) is 41.3 Å². The summed E-state index contributed by atoms with van der Waals surface area (Å²) in [7, 11) is 0. The molecular weight excluding hydrogens is 584 g/mol. The molecule has 3 amide bonds. The van der Waals surface area contributed by atoms with Crippen molar-refractivity contribution >= 4 is 34.8 Å². The fourth-order valence-electron chi connectivity index (χ4n) is 8.40. The highest BCUT2D eigenvalue weighted by Gasteiger charge is 2.55. The topological polar surface area (TPSA) is 150 Å². The molecular formula is C36H44N4O6. The van der Waals surface area contributed by atoms with Crippen molar-refractivity contribution in [3.63, 3.8) is 0 Å². The van der Waals surface area contributed by atoms with Gasteiger partial charge in [0.25, 0.3) is 0 Å². The van der Waals surface area contributed by atoms with Crippen LogP contribution in [-0.2, 0) is 32.1 Å². The number of ether oxygens (including phenoxy) is 1. The van der Waals surface area contributed by atoms with Gasteiger partial charge in [-0.25, -0.2) is 9.59 Å². The minimum atomic E-state index is -1.14. The predicted octanol–water partition coefficient (Wildman–Crippen LogP) is 5.08. The number of rotatable bonds is 14. The molecule has 1 aromatic heterocycles. The van der Waals surface area contributed by atoms with Crippen LogP contribution in [0, 0.1) is 23.2 Å². The van der Waals surface area contributed by atoms with Crippen molar-refractivity contribution in [3.05, 3.63) is 71.9 Å². The third-order valence-corrected chi connectivity index (χ3v) is 10.3. The van der Waals surface area contributed by atoms with Crippen molar-refractivity contribution in [1.29, 1.82) is 0 Å². The summed E-state index contributed by atoms with van der Waals surface area (Å²) >= 11 is 0. The van der Waals surface area contributed by atoms with Gasteiger partial charge in [-0.2, -0.15) is 0 Å². The monoisotopic (exact) mass is 628 g/mol. The first-order valence-electron chi connectivity index (χ1n) is 16.6. The zero-order valence-electron chi connectivity index (χ0n) is 26.1. The van der Waals surface area contributed by atoms with Crippen LogP contribution in [0.5, 0.6) is 0 Å². The first kappa shape index (κ1) is 31.6. The van der Waals surface area contributed by atoms with E-state index in [1.54, 1.807) is 0 Å². The Morgan fingerprint density at radius 3 is 2.24 bits per heavy atom. The van der Waals surface area contributed by atoms with E-state index in [9.17, 15) is 24.3 Å². The molecule has 4 saturated carbocycles. The molecule has 10 nitrogen and oxygen atoms in total. The van der Waals surface area contributed by atoms with Gasteiger partial charge in [0.1, 0.15) is 18.7 Å². The van der Waals surface area contributed by atoms with Crippen molar-refractivity contribution in [2.24, 2.45) is 23.2 Å². The molecule has 5 N–H and O–H groups in total. The number of hydrogen-bond acceptors (Lipinski definition) is 5. The normalized spacial score (nSPS) is 24.2. The third-order valence-electron chi connectivity index (χ3n) is 10.3. The molecule has 2 aromatic carbocycles. The minimum absolute atomic E-state index is 0.0660. The average molecular weight is 629 g/mol. The summed E-state index contributed by atoms with van der Waals surface area (Å²) in [5.74, 6) is 0.0300. The van der Waals surface area contributed by atoms with Crippen LogP contribution in [0.25, 0.3) is 10.9 Å². The van der Waals surface area contributed by atoms with Crippen molar-refractivity contribution in [3.8, 4) is 0 Å². The van der Waals surface area contributed by atoms with Crippen LogP contribution >= 0.6 is 0 Å². The third kappa shape index (κ3) is 7.37. The average Bonchev–Trinajstić information content (AvgIpc) is 3.45. The highest BCUT2D eigenvalue weighted by Crippen LogP contribution is 2.60. The number of unbranched alkanes of at least 4 members (excludes halogenated alkanes) is 1. The summed E-state index contributed by atoms with van der Waals surface area (Å²) in [6, 6.07) is 15.1. The number of carbonyl (C=O) groups excluding carboxylic acids is 3. The first-order valence-corrected chi connectivity index (χ1v) is 16.6. The van der Waals surface area contributed by atoms with Crippen LogP contribution in [0.2, 0.25) is 0 Å². The van der Waals surface area contributed by atoms with E-state index < -0.39 is 35.5 Å². The number of carboxylic acids is 1. The zero-order chi connectivity index (χ0) is 32.1. The van der Waals surface area contributed by atoms with E-state index in [1.807, 2.05) is 60.8 Å². The number of benzene rings is 2. The summed E-state index contributed by atoms with van der Waals surface area (Å²) in [6.07, 6.45) is 8.96. The van der Waals surface area contributed by atoms with Crippen LogP contribution in [0.3, 0.4) is 0 Å². The standard InChI is InChI=1S/C36H44N4O6/c41-32(39-30(33(42)43)12-6-7-13-37-35(45)46-22-23-8-2-1-3-9-23)31(17-27-21-38-29-11-5-4-10-28(27)29)40-34(44)36-18-24-14-25(19-36)16-26(15-24)20-36/h1-5,8-11,21,24-26,30-31,38H,6-7,12-20,22H2,(H,37,45)(H,39,41)(H,40,44)(H,42,43)/t24?,25?,26?,30-,31+,36?/m1/s1. The number of aromatic nitrogens is 1. The van der Waals surface area contributed by atoms with Crippen LogP contribution < -0.4 is 16.0 Å². The van der Waals surface area contributed by atoms with Crippen molar-refractivity contribution in [2.45, 2.75) is 82.9 Å². The molecule has 10 heteroatoms. The number of carbonyl (C=O) groups is 4.